The highest BCUT2D eigenvalue weighted by Gasteiger charge is 2.29. The Morgan fingerprint density at radius 3 is 2.42 bits per heavy atom. The molecule has 1 fully saturated rings. The molecule has 0 aliphatic carbocycles. The van der Waals surface area contributed by atoms with E-state index in [1.54, 1.807) is 30.3 Å². The number of hydrogen-bond acceptors (Lipinski definition) is 5. The van der Waals surface area contributed by atoms with Crippen LogP contribution in [0.2, 0.25) is 5.02 Å². The van der Waals surface area contributed by atoms with E-state index < -0.39 is 10.0 Å². The van der Waals surface area contributed by atoms with Gasteiger partial charge in [-0.1, -0.05) is 23.7 Å². The average molecular weight is 396 g/mol. The summed E-state index contributed by atoms with van der Waals surface area (Å²) in [6, 6.07) is 8.71. The van der Waals surface area contributed by atoms with E-state index in [2.05, 4.69) is 9.97 Å². The molecule has 2 heterocycles. The van der Waals surface area contributed by atoms with Gasteiger partial charge in [-0.2, -0.15) is 4.98 Å². The van der Waals surface area contributed by atoms with Gasteiger partial charge in [0.1, 0.15) is 11.9 Å². The quantitative estimate of drug-likeness (QED) is 0.777. The minimum atomic E-state index is -3.35. The van der Waals surface area contributed by atoms with Gasteiger partial charge in [0, 0.05) is 29.9 Å². The molecule has 3 rings (SSSR count). The summed E-state index contributed by atoms with van der Waals surface area (Å²) in [5.41, 5.74) is 1.59. The maximum atomic E-state index is 12.6. The summed E-state index contributed by atoms with van der Waals surface area (Å²) in [6.45, 7) is 4.62. The fourth-order valence-electron chi connectivity index (χ4n) is 3.02. The minimum Gasteiger partial charge on any atom is -0.474 e. The first-order valence-corrected chi connectivity index (χ1v) is 10.5. The van der Waals surface area contributed by atoms with Crippen LogP contribution in [-0.2, 0) is 15.8 Å². The van der Waals surface area contributed by atoms with Gasteiger partial charge in [0.15, 0.2) is 0 Å². The van der Waals surface area contributed by atoms with E-state index in [9.17, 15) is 8.42 Å². The molecule has 0 bridgehead atoms. The van der Waals surface area contributed by atoms with Crippen LogP contribution < -0.4 is 4.74 Å². The lowest BCUT2D eigenvalue weighted by molar-refractivity contribution is 0.129. The van der Waals surface area contributed by atoms with Gasteiger partial charge in [-0.15, -0.1) is 0 Å². The van der Waals surface area contributed by atoms with E-state index in [1.165, 1.54) is 4.31 Å². The first-order chi connectivity index (χ1) is 12.3. The van der Waals surface area contributed by atoms with Crippen LogP contribution >= 0.6 is 11.6 Å². The number of ether oxygens (including phenoxy) is 1. The topological polar surface area (TPSA) is 72.4 Å². The number of rotatable bonds is 5. The molecule has 2 aromatic rings. The highest BCUT2D eigenvalue weighted by Crippen LogP contribution is 2.22. The number of hydrogen-bond donors (Lipinski definition) is 0. The molecule has 1 aromatic heterocycles. The van der Waals surface area contributed by atoms with Crippen LogP contribution in [0.4, 0.5) is 0 Å². The largest absolute Gasteiger partial charge is 0.474 e. The van der Waals surface area contributed by atoms with Crippen molar-refractivity contribution in [2.45, 2.75) is 38.5 Å². The molecule has 6 nitrogen and oxygen atoms in total. The van der Waals surface area contributed by atoms with E-state index in [-0.39, 0.29) is 11.9 Å². The van der Waals surface area contributed by atoms with Crippen molar-refractivity contribution in [3.05, 3.63) is 52.4 Å². The third-order valence-electron chi connectivity index (χ3n) is 4.29. The molecular formula is C18H22ClN3O3S. The molecule has 8 heteroatoms. The SMILES string of the molecule is Cc1cc(OC2CCN(S(=O)(=O)Cc3ccc(Cl)cc3)CC2)nc(C)n1. The van der Waals surface area contributed by atoms with Crippen LogP contribution in [0.15, 0.2) is 30.3 Å². The Morgan fingerprint density at radius 2 is 1.81 bits per heavy atom. The third-order valence-corrected chi connectivity index (χ3v) is 6.39. The Hall–Kier alpha value is -1.70. The zero-order valence-electron chi connectivity index (χ0n) is 14.9. The maximum Gasteiger partial charge on any atom is 0.218 e. The standard InChI is InChI=1S/C18H22ClN3O3S/c1-13-11-18(21-14(2)20-13)25-17-7-9-22(10-8-17)26(23,24)12-15-3-5-16(19)6-4-15/h3-6,11,17H,7-10,12H2,1-2H3. The molecule has 1 aliphatic rings. The second kappa shape index (κ2) is 7.90. The molecule has 0 atom stereocenters. The normalized spacial score (nSPS) is 16.6. The van der Waals surface area contributed by atoms with Gasteiger partial charge in [-0.25, -0.2) is 17.7 Å². The number of aryl methyl sites for hydroxylation is 2. The number of halogens is 1. The van der Waals surface area contributed by atoms with Gasteiger partial charge in [-0.05, 0) is 44.4 Å². The summed E-state index contributed by atoms with van der Waals surface area (Å²) in [5, 5.41) is 0.597. The summed E-state index contributed by atoms with van der Waals surface area (Å²) in [7, 11) is -3.35. The lowest BCUT2D eigenvalue weighted by atomic mass is 10.1. The van der Waals surface area contributed by atoms with Crippen LogP contribution in [0, 0.1) is 13.8 Å². The monoisotopic (exact) mass is 395 g/mol. The van der Waals surface area contributed by atoms with Crippen molar-refractivity contribution in [1.82, 2.24) is 14.3 Å². The molecule has 0 unspecified atom stereocenters. The number of benzene rings is 1. The molecule has 0 spiro atoms. The van der Waals surface area contributed by atoms with Crippen molar-refractivity contribution in [1.29, 1.82) is 0 Å². The maximum absolute atomic E-state index is 12.6. The molecule has 26 heavy (non-hydrogen) atoms. The van der Waals surface area contributed by atoms with E-state index >= 15 is 0 Å². The van der Waals surface area contributed by atoms with E-state index in [4.69, 9.17) is 16.3 Å². The Balaban J connectivity index is 1.57. The van der Waals surface area contributed by atoms with Gasteiger partial charge < -0.3 is 4.74 Å². The van der Waals surface area contributed by atoms with Crippen molar-refractivity contribution >= 4 is 21.6 Å². The Bertz CT molecular complexity index is 844. The molecule has 0 radical (unpaired) electrons. The van der Waals surface area contributed by atoms with Crippen LogP contribution in [0.3, 0.4) is 0 Å². The predicted octanol–water partition coefficient (Wildman–Crippen LogP) is 3.12. The lowest BCUT2D eigenvalue weighted by Gasteiger charge is -2.31. The van der Waals surface area contributed by atoms with Crippen LogP contribution in [-0.4, -0.2) is 41.9 Å². The molecular weight excluding hydrogens is 374 g/mol. The molecule has 0 N–H and O–H groups in total. The Kier molecular flexibility index (Phi) is 5.79. The van der Waals surface area contributed by atoms with Crippen LogP contribution in [0.25, 0.3) is 0 Å². The molecule has 1 aliphatic heterocycles. The summed E-state index contributed by atoms with van der Waals surface area (Å²) >= 11 is 5.85. The smallest absolute Gasteiger partial charge is 0.218 e. The molecule has 0 amide bonds. The highest BCUT2D eigenvalue weighted by atomic mass is 35.5. The van der Waals surface area contributed by atoms with Crippen molar-refractivity contribution in [2.24, 2.45) is 0 Å². The summed E-state index contributed by atoms with van der Waals surface area (Å²) in [4.78, 5) is 8.51. The zero-order valence-corrected chi connectivity index (χ0v) is 16.4. The Morgan fingerprint density at radius 1 is 1.15 bits per heavy atom. The van der Waals surface area contributed by atoms with Crippen molar-refractivity contribution in [3.63, 3.8) is 0 Å². The fraction of sp³-hybridized carbons (Fsp3) is 0.444. The van der Waals surface area contributed by atoms with Crippen LogP contribution in [0.1, 0.15) is 29.9 Å². The molecule has 1 aromatic carbocycles. The Labute approximate surface area is 159 Å². The van der Waals surface area contributed by atoms with Crippen LogP contribution in [0.5, 0.6) is 5.88 Å². The molecule has 1 saturated heterocycles. The number of sulfonamides is 1. The van der Waals surface area contributed by atoms with Crippen molar-refractivity contribution < 1.29 is 13.2 Å². The first kappa shape index (κ1) is 19.1. The van der Waals surface area contributed by atoms with E-state index in [1.807, 2.05) is 13.8 Å². The molecule has 0 saturated carbocycles. The summed E-state index contributed by atoms with van der Waals surface area (Å²) in [5.74, 6) is 1.21. The average Bonchev–Trinajstić information content (AvgIpc) is 2.56. The number of nitrogens with zero attached hydrogens (tertiary/aromatic N) is 3. The predicted molar refractivity (Wildman–Crippen MR) is 101 cm³/mol. The fourth-order valence-corrected chi connectivity index (χ4v) is 4.71. The van der Waals surface area contributed by atoms with Gasteiger partial charge in [-0.3, -0.25) is 0 Å². The molecule has 140 valence electrons. The number of piperidine rings is 1. The summed E-state index contributed by atoms with van der Waals surface area (Å²) in [6.07, 6.45) is 1.25. The van der Waals surface area contributed by atoms with Crippen molar-refractivity contribution in [2.75, 3.05) is 13.1 Å². The second-order valence-corrected chi connectivity index (χ2v) is 8.90. The van der Waals surface area contributed by atoms with Gasteiger partial charge in [0.05, 0.1) is 5.75 Å². The van der Waals surface area contributed by atoms with E-state index in [0.717, 1.165) is 11.3 Å². The van der Waals surface area contributed by atoms with Gasteiger partial charge >= 0.3 is 0 Å². The minimum absolute atomic E-state index is 0.0139. The van der Waals surface area contributed by atoms with Crippen molar-refractivity contribution in [3.8, 4) is 5.88 Å². The lowest BCUT2D eigenvalue weighted by Crippen LogP contribution is -2.42. The van der Waals surface area contributed by atoms with Gasteiger partial charge in [0.25, 0.3) is 0 Å². The van der Waals surface area contributed by atoms with E-state index in [0.29, 0.717) is 42.7 Å². The van der Waals surface area contributed by atoms with Gasteiger partial charge in [0.2, 0.25) is 15.9 Å². The highest BCUT2D eigenvalue weighted by molar-refractivity contribution is 7.88. The number of aromatic nitrogens is 2. The first-order valence-electron chi connectivity index (χ1n) is 8.53. The second-order valence-electron chi connectivity index (χ2n) is 6.49. The summed E-state index contributed by atoms with van der Waals surface area (Å²) < 4.78 is 32.7. The zero-order chi connectivity index (χ0) is 18.7. The third kappa shape index (κ3) is 4.93.